The molecule has 0 saturated heterocycles. The van der Waals surface area contributed by atoms with Crippen LogP contribution in [-0.4, -0.2) is 56.6 Å². The average molecular weight is 558 g/mol. The van der Waals surface area contributed by atoms with Crippen LogP contribution in [-0.2, 0) is 31.6 Å². The molecule has 0 bridgehead atoms. The molecule has 2 aromatic carbocycles. The highest BCUT2D eigenvalue weighted by Gasteiger charge is 2.33. The van der Waals surface area contributed by atoms with E-state index in [0.717, 1.165) is 17.7 Å². The van der Waals surface area contributed by atoms with Gasteiger partial charge in [0.15, 0.2) is 0 Å². The van der Waals surface area contributed by atoms with Gasteiger partial charge in [-0.2, -0.15) is 0 Å². The number of nitrogens with one attached hydrogen (secondary N) is 3. The monoisotopic (exact) mass is 557 g/mol. The van der Waals surface area contributed by atoms with Crippen molar-refractivity contribution in [2.45, 2.75) is 56.1 Å². The van der Waals surface area contributed by atoms with E-state index in [1.165, 1.54) is 6.07 Å². The highest BCUT2D eigenvalue weighted by Crippen LogP contribution is 2.23. The number of fused-ring (bicyclic) bond motifs is 1. The van der Waals surface area contributed by atoms with Crippen LogP contribution in [0.2, 0.25) is 0 Å². The van der Waals surface area contributed by atoms with Crippen molar-refractivity contribution in [3.63, 3.8) is 0 Å². The van der Waals surface area contributed by atoms with Gasteiger partial charge in [0.05, 0.1) is 26.2 Å². The van der Waals surface area contributed by atoms with Crippen molar-refractivity contribution in [2.24, 2.45) is 11.7 Å². The molecule has 0 radical (unpaired) electrons. The molecule has 4 amide bonds. The van der Waals surface area contributed by atoms with E-state index in [9.17, 15) is 33.5 Å². The van der Waals surface area contributed by atoms with Gasteiger partial charge in [0.25, 0.3) is 11.6 Å². The number of benzene rings is 2. The van der Waals surface area contributed by atoms with Crippen LogP contribution in [0.15, 0.2) is 53.4 Å². The van der Waals surface area contributed by atoms with Gasteiger partial charge in [0, 0.05) is 24.3 Å². The molecule has 0 spiro atoms. The average Bonchev–Trinajstić information content (AvgIpc) is 2.92. The lowest BCUT2D eigenvalue weighted by Crippen LogP contribution is -2.58. The normalized spacial score (nSPS) is 23.3. The van der Waals surface area contributed by atoms with E-state index < -0.39 is 69.1 Å². The SMILES string of the molecule is CCC(C)[C@@H]1NC(=O)c2cc([N+](=O)[O-])ccc2S(=O)CCC(C(N)=O)NC(=O)[C@H](Cc2ccccc2)NC1=O. The summed E-state index contributed by atoms with van der Waals surface area (Å²) in [5.41, 5.74) is 5.63. The molecule has 5 atom stereocenters. The lowest BCUT2D eigenvalue weighted by atomic mass is 9.96. The molecule has 1 aliphatic heterocycles. The van der Waals surface area contributed by atoms with Crippen LogP contribution < -0.4 is 21.7 Å². The number of nitrogens with zero attached hydrogens (tertiary/aromatic N) is 1. The van der Waals surface area contributed by atoms with E-state index in [1.54, 1.807) is 37.3 Å². The predicted octanol–water partition coefficient (Wildman–Crippen LogP) is 0.948. The van der Waals surface area contributed by atoms with Gasteiger partial charge >= 0.3 is 0 Å². The van der Waals surface area contributed by atoms with Crippen LogP contribution in [0.25, 0.3) is 0 Å². The first kappa shape index (κ1) is 29.4. The number of nitrogens with two attached hydrogens (primary N) is 1. The molecule has 5 N–H and O–H groups in total. The Balaban J connectivity index is 2.08. The van der Waals surface area contributed by atoms with Crippen LogP contribution >= 0.6 is 0 Å². The summed E-state index contributed by atoms with van der Waals surface area (Å²) in [5.74, 6) is -3.57. The number of non-ortho nitro benzene ring substituents is 1. The molecule has 2 aromatic rings. The number of nitro benzene ring substituents is 1. The van der Waals surface area contributed by atoms with Gasteiger partial charge in [-0.1, -0.05) is 50.6 Å². The Labute approximate surface area is 227 Å². The van der Waals surface area contributed by atoms with Gasteiger partial charge in [-0.25, -0.2) is 0 Å². The summed E-state index contributed by atoms with van der Waals surface area (Å²) in [7, 11) is -1.89. The molecule has 3 rings (SSSR count). The fraction of sp³-hybridized carbons (Fsp3) is 0.385. The third-order valence-electron chi connectivity index (χ3n) is 6.61. The fourth-order valence-corrected chi connectivity index (χ4v) is 5.43. The number of carbonyl (C=O) groups excluding carboxylic acids is 4. The smallest absolute Gasteiger partial charge is 0.270 e. The number of hydrogen-bond donors (Lipinski definition) is 4. The zero-order valence-electron chi connectivity index (χ0n) is 21.5. The molecule has 13 heteroatoms. The summed E-state index contributed by atoms with van der Waals surface area (Å²) in [5, 5.41) is 19.3. The molecule has 1 heterocycles. The summed E-state index contributed by atoms with van der Waals surface area (Å²) >= 11 is 0. The van der Waals surface area contributed by atoms with Crippen molar-refractivity contribution in [3.05, 3.63) is 69.8 Å². The van der Waals surface area contributed by atoms with Gasteiger partial charge in [0.2, 0.25) is 17.7 Å². The molecule has 0 aliphatic carbocycles. The maximum Gasteiger partial charge on any atom is 0.270 e. The molecule has 0 aromatic heterocycles. The van der Waals surface area contributed by atoms with Crippen molar-refractivity contribution >= 4 is 40.1 Å². The van der Waals surface area contributed by atoms with Crippen LogP contribution in [0.1, 0.15) is 42.6 Å². The minimum Gasteiger partial charge on any atom is -0.368 e. The molecule has 0 saturated carbocycles. The van der Waals surface area contributed by atoms with Gasteiger partial charge in [-0.15, -0.1) is 0 Å². The number of hydrogen-bond acceptors (Lipinski definition) is 7. The number of rotatable bonds is 6. The van der Waals surface area contributed by atoms with Crippen molar-refractivity contribution in [3.8, 4) is 0 Å². The summed E-state index contributed by atoms with van der Waals surface area (Å²) in [4.78, 5) is 63.0. The first-order valence-corrected chi connectivity index (χ1v) is 13.7. The maximum atomic E-state index is 13.5. The third-order valence-corrected chi connectivity index (χ3v) is 8.07. The first-order chi connectivity index (χ1) is 18.5. The second kappa shape index (κ2) is 13.1. The van der Waals surface area contributed by atoms with Crippen LogP contribution in [0.3, 0.4) is 0 Å². The van der Waals surface area contributed by atoms with E-state index in [2.05, 4.69) is 16.0 Å². The number of carbonyl (C=O) groups is 4. The molecule has 1 aliphatic rings. The Morgan fingerprint density at radius 3 is 2.41 bits per heavy atom. The van der Waals surface area contributed by atoms with Crippen LogP contribution in [0.4, 0.5) is 5.69 Å². The second-order valence-corrected chi connectivity index (χ2v) is 10.9. The largest absolute Gasteiger partial charge is 0.368 e. The fourth-order valence-electron chi connectivity index (χ4n) is 4.14. The summed E-state index contributed by atoms with van der Waals surface area (Å²) in [6.07, 6.45) is 0.435. The molecular formula is C26H31N5O7S. The van der Waals surface area contributed by atoms with Gasteiger partial charge in [-0.05, 0) is 24.0 Å². The Kier molecular flexibility index (Phi) is 9.88. The number of nitro groups is 1. The van der Waals surface area contributed by atoms with E-state index in [0.29, 0.717) is 6.42 Å². The second-order valence-electron chi connectivity index (χ2n) is 9.33. The lowest BCUT2D eigenvalue weighted by molar-refractivity contribution is -0.384. The highest BCUT2D eigenvalue weighted by atomic mass is 32.2. The van der Waals surface area contributed by atoms with Crippen molar-refractivity contribution in [1.82, 2.24) is 16.0 Å². The van der Waals surface area contributed by atoms with Crippen molar-refractivity contribution in [1.29, 1.82) is 0 Å². The molecule has 3 unspecified atom stereocenters. The highest BCUT2D eigenvalue weighted by molar-refractivity contribution is 7.85. The molecule has 39 heavy (non-hydrogen) atoms. The van der Waals surface area contributed by atoms with Crippen LogP contribution in [0, 0.1) is 16.0 Å². The van der Waals surface area contributed by atoms with Crippen LogP contribution in [0.5, 0.6) is 0 Å². The zero-order chi connectivity index (χ0) is 28.7. The van der Waals surface area contributed by atoms with Gasteiger partial charge < -0.3 is 21.7 Å². The standard InChI is InChI=1S/C26H31N5O7S/c1-3-15(2)22-26(35)29-20(13-16-7-5-4-6-8-16)25(34)28-19(23(27)32)11-12-39(38)21-10-9-17(31(36)37)14-18(21)24(33)30-22/h4-10,14-15,19-20,22H,3,11-13H2,1-2H3,(H2,27,32)(H,28,34)(H,29,35)(H,30,33)/t15?,19?,20-,22-,39?/m0/s1. The third kappa shape index (κ3) is 7.47. The Bertz CT molecular complexity index is 1290. The zero-order valence-corrected chi connectivity index (χ0v) is 22.4. The number of amides is 4. The van der Waals surface area contributed by atoms with Crippen molar-refractivity contribution < 1.29 is 28.3 Å². The van der Waals surface area contributed by atoms with E-state index >= 15 is 0 Å². The Morgan fingerprint density at radius 1 is 1.10 bits per heavy atom. The summed E-state index contributed by atoms with van der Waals surface area (Å²) in [6.45, 7) is 3.55. The topological polar surface area (TPSA) is 191 Å². The van der Waals surface area contributed by atoms with E-state index in [1.807, 2.05) is 6.92 Å². The first-order valence-electron chi connectivity index (χ1n) is 12.4. The maximum absolute atomic E-state index is 13.5. The van der Waals surface area contributed by atoms with E-state index in [-0.39, 0.29) is 29.1 Å². The quantitative estimate of drug-likeness (QED) is 0.300. The minimum absolute atomic E-state index is 0.00466. The Morgan fingerprint density at radius 2 is 1.79 bits per heavy atom. The van der Waals surface area contributed by atoms with E-state index in [4.69, 9.17) is 5.73 Å². The molecule has 0 fully saturated rings. The summed E-state index contributed by atoms with van der Waals surface area (Å²) < 4.78 is 13.2. The molecule has 12 nitrogen and oxygen atoms in total. The molecular weight excluding hydrogens is 526 g/mol. The Hall–Kier alpha value is -4.13. The van der Waals surface area contributed by atoms with Crippen molar-refractivity contribution in [2.75, 3.05) is 5.75 Å². The molecule has 208 valence electrons. The number of primary amides is 1. The van der Waals surface area contributed by atoms with Gasteiger partial charge in [0.1, 0.15) is 18.1 Å². The van der Waals surface area contributed by atoms with Gasteiger partial charge in [-0.3, -0.25) is 33.5 Å². The minimum atomic E-state index is -1.89. The lowest BCUT2D eigenvalue weighted by Gasteiger charge is -2.28. The summed E-state index contributed by atoms with van der Waals surface area (Å²) in [6, 6.07) is 8.79. The predicted molar refractivity (Wildman–Crippen MR) is 143 cm³/mol.